The fourth-order valence-corrected chi connectivity index (χ4v) is 3.30. The van der Waals surface area contributed by atoms with E-state index in [2.05, 4.69) is 4.98 Å². The number of Topliss-reactive ketones (excluding diaryl/α,β-unsaturated/α-hetero) is 2. The highest BCUT2D eigenvalue weighted by atomic mass is 35.5. The van der Waals surface area contributed by atoms with Gasteiger partial charge in [0.15, 0.2) is 11.6 Å². The van der Waals surface area contributed by atoms with Gasteiger partial charge in [-0.25, -0.2) is 0 Å². The van der Waals surface area contributed by atoms with Crippen LogP contribution in [0.25, 0.3) is 10.9 Å². The van der Waals surface area contributed by atoms with Gasteiger partial charge in [0.2, 0.25) is 0 Å². The van der Waals surface area contributed by atoms with Gasteiger partial charge in [-0.15, -0.1) is 0 Å². The maximum absolute atomic E-state index is 12.8. The van der Waals surface area contributed by atoms with E-state index in [9.17, 15) is 9.59 Å². The summed E-state index contributed by atoms with van der Waals surface area (Å²) in [5.74, 6) is 0.655. The van der Waals surface area contributed by atoms with Crippen LogP contribution in [-0.4, -0.2) is 23.7 Å². The van der Waals surface area contributed by atoms with E-state index >= 15 is 0 Å². The molecule has 0 fully saturated rings. The molecule has 0 aliphatic rings. The van der Waals surface area contributed by atoms with Crippen LogP contribution in [0.3, 0.4) is 0 Å². The van der Waals surface area contributed by atoms with Gasteiger partial charge in [0, 0.05) is 30.0 Å². The maximum Gasteiger partial charge on any atom is 0.169 e. The fourth-order valence-electron chi connectivity index (χ4n) is 3.00. The third-order valence-electron chi connectivity index (χ3n) is 4.43. The lowest BCUT2D eigenvalue weighted by Crippen LogP contribution is -2.07. The minimum absolute atomic E-state index is 0.0353. The molecule has 0 unspecified atom stereocenters. The average molecular weight is 382 g/mol. The number of carbonyl (C=O) groups is 2. The number of benzene rings is 2. The van der Waals surface area contributed by atoms with Crippen molar-refractivity contribution in [3.05, 3.63) is 70.4 Å². The van der Waals surface area contributed by atoms with Gasteiger partial charge in [0.1, 0.15) is 5.75 Å². The molecule has 0 N–H and O–H groups in total. The number of fused-ring (bicyclic) bond motifs is 1. The van der Waals surface area contributed by atoms with Crippen molar-refractivity contribution in [2.45, 2.75) is 26.2 Å². The lowest BCUT2D eigenvalue weighted by Gasteiger charge is -2.10. The van der Waals surface area contributed by atoms with Crippen LogP contribution in [-0.2, 0) is 6.42 Å². The van der Waals surface area contributed by atoms with Gasteiger partial charge >= 0.3 is 0 Å². The van der Waals surface area contributed by atoms with Crippen molar-refractivity contribution in [1.82, 2.24) is 4.98 Å². The monoisotopic (exact) mass is 381 g/mol. The standard InChI is InChI=1S/C22H20ClNO3/c1-3-5-19(25)18-13-24-22-16(6-4-7-17(22)21(18)23)20(26)12-14-8-10-15(27-2)11-9-14/h4,6-11,13H,3,5,12H2,1-2H3. The number of hydrogen-bond donors (Lipinski definition) is 0. The zero-order chi connectivity index (χ0) is 19.4. The van der Waals surface area contributed by atoms with Crippen LogP contribution in [0.4, 0.5) is 0 Å². The summed E-state index contributed by atoms with van der Waals surface area (Å²) in [6.07, 6.45) is 2.89. The van der Waals surface area contributed by atoms with E-state index in [0.717, 1.165) is 17.7 Å². The topological polar surface area (TPSA) is 56.3 Å². The lowest BCUT2D eigenvalue weighted by atomic mass is 9.99. The summed E-state index contributed by atoms with van der Waals surface area (Å²) in [5, 5.41) is 0.983. The predicted molar refractivity (Wildman–Crippen MR) is 107 cm³/mol. The third-order valence-corrected chi connectivity index (χ3v) is 4.84. The largest absolute Gasteiger partial charge is 0.497 e. The molecule has 0 atom stereocenters. The van der Waals surface area contributed by atoms with Gasteiger partial charge in [0.25, 0.3) is 0 Å². The SMILES string of the molecule is CCCC(=O)c1cnc2c(C(=O)Cc3ccc(OC)cc3)cccc2c1Cl. The number of carbonyl (C=O) groups excluding carboxylic acids is 2. The third kappa shape index (κ3) is 4.01. The van der Waals surface area contributed by atoms with E-state index < -0.39 is 0 Å². The molecule has 1 aromatic heterocycles. The first-order chi connectivity index (χ1) is 13.0. The first kappa shape index (κ1) is 19.1. The van der Waals surface area contributed by atoms with E-state index in [1.807, 2.05) is 31.2 Å². The molecule has 0 saturated carbocycles. The number of aromatic nitrogens is 1. The molecule has 1 heterocycles. The molecule has 27 heavy (non-hydrogen) atoms. The Morgan fingerprint density at radius 2 is 1.78 bits per heavy atom. The van der Waals surface area contributed by atoms with Crippen molar-refractivity contribution in [3.8, 4) is 5.75 Å². The smallest absolute Gasteiger partial charge is 0.169 e. The Balaban J connectivity index is 1.95. The Morgan fingerprint density at radius 1 is 1.04 bits per heavy atom. The first-order valence-corrected chi connectivity index (χ1v) is 9.19. The van der Waals surface area contributed by atoms with Gasteiger partial charge in [0.05, 0.1) is 23.2 Å². The summed E-state index contributed by atoms with van der Waals surface area (Å²) in [6, 6.07) is 12.7. The lowest BCUT2D eigenvalue weighted by molar-refractivity contribution is 0.0978. The highest BCUT2D eigenvalue weighted by molar-refractivity contribution is 6.39. The van der Waals surface area contributed by atoms with Gasteiger partial charge in [-0.05, 0) is 30.2 Å². The van der Waals surface area contributed by atoms with Crippen molar-refractivity contribution in [2.24, 2.45) is 0 Å². The van der Waals surface area contributed by atoms with Gasteiger partial charge < -0.3 is 4.74 Å². The number of hydrogen-bond acceptors (Lipinski definition) is 4. The molecule has 2 aromatic carbocycles. The number of rotatable bonds is 7. The zero-order valence-corrected chi connectivity index (χ0v) is 16.0. The molecule has 0 amide bonds. The van der Waals surface area contributed by atoms with Crippen LogP contribution in [0.2, 0.25) is 5.02 Å². The quantitative estimate of drug-likeness (QED) is 0.521. The molecule has 138 valence electrons. The minimum Gasteiger partial charge on any atom is -0.497 e. The van der Waals surface area contributed by atoms with E-state index in [-0.39, 0.29) is 18.0 Å². The Morgan fingerprint density at radius 3 is 2.44 bits per heavy atom. The van der Waals surface area contributed by atoms with Crippen LogP contribution in [0, 0.1) is 0 Å². The summed E-state index contributed by atoms with van der Waals surface area (Å²) in [6.45, 7) is 1.94. The van der Waals surface area contributed by atoms with Crippen LogP contribution in [0.1, 0.15) is 46.0 Å². The fraction of sp³-hybridized carbons (Fsp3) is 0.227. The minimum atomic E-state index is -0.0537. The zero-order valence-electron chi connectivity index (χ0n) is 15.3. The molecule has 0 spiro atoms. The Kier molecular flexibility index (Phi) is 5.87. The molecule has 5 heteroatoms. The number of methoxy groups -OCH3 is 1. The van der Waals surface area contributed by atoms with Crippen molar-refractivity contribution < 1.29 is 14.3 Å². The van der Waals surface area contributed by atoms with Crippen LogP contribution < -0.4 is 4.74 Å². The molecule has 4 nitrogen and oxygen atoms in total. The number of halogens is 1. The van der Waals surface area contributed by atoms with E-state index in [0.29, 0.717) is 33.5 Å². The van der Waals surface area contributed by atoms with Gasteiger partial charge in [-0.2, -0.15) is 0 Å². The van der Waals surface area contributed by atoms with Crippen molar-refractivity contribution in [2.75, 3.05) is 7.11 Å². The Hall–Kier alpha value is -2.72. The molecule has 3 aromatic rings. The summed E-state index contributed by atoms with van der Waals surface area (Å²) in [4.78, 5) is 29.4. The molecular formula is C22H20ClNO3. The van der Waals surface area contributed by atoms with Crippen LogP contribution in [0.15, 0.2) is 48.7 Å². The normalized spacial score (nSPS) is 10.8. The van der Waals surface area contributed by atoms with Gasteiger partial charge in [-0.3, -0.25) is 14.6 Å². The second-order valence-corrected chi connectivity index (χ2v) is 6.69. The molecule has 0 aliphatic carbocycles. The van der Waals surface area contributed by atoms with E-state index in [4.69, 9.17) is 16.3 Å². The highest BCUT2D eigenvalue weighted by Gasteiger charge is 2.17. The number of ketones is 2. The molecule has 0 aliphatic heterocycles. The summed E-state index contributed by atoms with van der Waals surface area (Å²) in [7, 11) is 1.60. The molecule has 0 radical (unpaired) electrons. The highest BCUT2D eigenvalue weighted by Crippen LogP contribution is 2.29. The van der Waals surface area contributed by atoms with E-state index in [1.165, 1.54) is 6.20 Å². The van der Waals surface area contributed by atoms with Crippen LogP contribution in [0.5, 0.6) is 5.75 Å². The summed E-state index contributed by atoms with van der Waals surface area (Å²) >= 11 is 6.46. The molecule has 0 bridgehead atoms. The molecule has 0 saturated heterocycles. The predicted octanol–water partition coefficient (Wildman–Crippen LogP) is 5.31. The number of pyridine rings is 1. The summed E-state index contributed by atoms with van der Waals surface area (Å²) in [5.41, 5.74) is 2.32. The second kappa shape index (κ2) is 8.31. The van der Waals surface area contributed by atoms with Gasteiger partial charge in [-0.1, -0.05) is 42.8 Å². The van der Waals surface area contributed by atoms with Crippen molar-refractivity contribution in [3.63, 3.8) is 0 Å². The number of ether oxygens (including phenoxy) is 1. The van der Waals surface area contributed by atoms with E-state index in [1.54, 1.807) is 25.3 Å². The number of para-hydroxylation sites is 1. The van der Waals surface area contributed by atoms with Crippen molar-refractivity contribution in [1.29, 1.82) is 0 Å². The average Bonchev–Trinajstić information content (AvgIpc) is 2.68. The number of nitrogens with zero attached hydrogens (tertiary/aromatic N) is 1. The molecule has 3 rings (SSSR count). The summed E-state index contributed by atoms with van der Waals surface area (Å²) < 4.78 is 5.14. The molecular weight excluding hydrogens is 362 g/mol. The van der Waals surface area contributed by atoms with Crippen LogP contribution >= 0.6 is 11.6 Å². The van der Waals surface area contributed by atoms with Crippen molar-refractivity contribution >= 4 is 34.1 Å². The Labute approximate surface area is 163 Å². The first-order valence-electron chi connectivity index (χ1n) is 8.81. The Bertz CT molecular complexity index is 996. The second-order valence-electron chi connectivity index (χ2n) is 6.31. The maximum atomic E-state index is 12.8.